The molecule has 92 valence electrons. The van der Waals surface area contributed by atoms with E-state index in [0.29, 0.717) is 6.04 Å². The Hall–Kier alpha value is -1.13. The monoisotopic (exact) mass is 249 g/mol. The maximum Gasteiger partial charge on any atom is 0.137 e. The zero-order valence-electron chi connectivity index (χ0n) is 10.4. The molecule has 2 aromatic rings. The standard InChI is InChI=1S/C13H19N3S/c1-10(2)16(8-3-6-14)13-11-5-9-17-12(11)4-7-15-13/h4-5,7,9-10H,3,6,8,14H2,1-2H3. The van der Waals surface area contributed by atoms with Crippen LogP contribution in [0.15, 0.2) is 23.7 Å². The molecule has 0 spiro atoms. The fourth-order valence-corrected chi connectivity index (χ4v) is 2.76. The predicted octanol–water partition coefficient (Wildman–Crippen LogP) is 2.86. The molecular formula is C13H19N3S. The first-order chi connectivity index (χ1) is 8.24. The molecule has 0 fully saturated rings. The van der Waals surface area contributed by atoms with Crippen LogP contribution >= 0.6 is 11.3 Å². The van der Waals surface area contributed by atoms with Gasteiger partial charge in [-0.15, -0.1) is 11.3 Å². The second kappa shape index (κ2) is 5.47. The first-order valence-electron chi connectivity index (χ1n) is 6.03. The quantitative estimate of drug-likeness (QED) is 0.886. The SMILES string of the molecule is CC(C)N(CCCN)c1nccc2sccc12. The molecule has 4 heteroatoms. The van der Waals surface area contributed by atoms with Gasteiger partial charge in [-0.05, 0) is 44.3 Å². The molecule has 17 heavy (non-hydrogen) atoms. The lowest BCUT2D eigenvalue weighted by Crippen LogP contribution is -2.33. The lowest BCUT2D eigenvalue weighted by atomic mass is 10.2. The molecule has 3 nitrogen and oxygen atoms in total. The van der Waals surface area contributed by atoms with Crippen LogP contribution in [-0.2, 0) is 0 Å². The second-order valence-electron chi connectivity index (χ2n) is 4.40. The smallest absolute Gasteiger partial charge is 0.137 e. The Balaban J connectivity index is 2.37. The van der Waals surface area contributed by atoms with Crippen molar-refractivity contribution in [2.75, 3.05) is 18.0 Å². The van der Waals surface area contributed by atoms with Crippen LogP contribution in [0.1, 0.15) is 20.3 Å². The number of aromatic nitrogens is 1. The molecule has 2 aromatic heterocycles. The molecule has 0 radical (unpaired) electrons. The third kappa shape index (κ3) is 2.58. The van der Waals surface area contributed by atoms with Crippen LogP contribution in [0.4, 0.5) is 5.82 Å². The normalized spacial score (nSPS) is 11.3. The van der Waals surface area contributed by atoms with Gasteiger partial charge in [0.1, 0.15) is 5.82 Å². The average molecular weight is 249 g/mol. The Morgan fingerprint density at radius 1 is 1.41 bits per heavy atom. The van der Waals surface area contributed by atoms with Gasteiger partial charge in [0.15, 0.2) is 0 Å². The van der Waals surface area contributed by atoms with E-state index in [2.05, 4.69) is 41.2 Å². The number of thiophene rings is 1. The van der Waals surface area contributed by atoms with E-state index in [9.17, 15) is 0 Å². The Kier molecular flexibility index (Phi) is 3.97. The van der Waals surface area contributed by atoms with Gasteiger partial charge in [0, 0.05) is 28.9 Å². The van der Waals surface area contributed by atoms with E-state index in [0.717, 1.165) is 25.3 Å². The van der Waals surface area contributed by atoms with Gasteiger partial charge < -0.3 is 10.6 Å². The van der Waals surface area contributed by atoms with Gasteiger partial charge in [-0.2, -0.15) is 0 Å². The Labute approximate surface area is 106 Å². The van der Waals surface area contributed by atoms with Crippen molar-refractivity contribution in [3.05, 3.63) is 23.7 Å². The third-order valence-electron chi connectivity index (χ3n) is 2.86. The fraction of sp³-hybridized carbons (Fsp3) is 0.462. The summed E-state index contributed by atoms with van der Waals surface area (Å²) in [5, 5.41) is 3.38. The minimum atomic E-state index is 0.444. The van der Waals surface area contributed by atoms with Gasteiger partial charge in [-0.3, -0.25) is 0 Å². The van der Waals surface area contributed by atoms with E-state index in [1.807, 2.05) is 6.20 Å². The first-order valence-corrected chi connectivity index (χ1v) is 6.91. The van der Waals surface area contributed by atoms with E-state index >= 15 is 0 Å². The molecule has 0 unspecified atom stereocenters. The lowest BCUT2D eigenvalue weighted by molar-refractivity contribution is 0.651. The van der Waals surface area contributed by atoms with Gasteiger partial charge in [0.2, 0.25) is 0 Å². The summed E-state index contributed by atoms with van der Waals surface area (Å²) < 4.78 is 1.30. The zero-order valence-corrected chi connectivity index (χ0v) is 11.2. The highest BCUT2D eigenvalue weighted by Crippen LogP contribution is 2.29. The third-order valence-corrected chi connectivity index (χ3v) is 3.74. The molecule has 0 aliphatic rings. The summed E-state index contributed by atoms with van der Waals surface area (Å²) in [5.41, 5.74) is 5.60. The molecule has 0 bridgehead atoms. The van der Waals surface area contributed by atoms with Crippen molar-refractivity contribution in [3.8, 4) is 0 Å². The molecule has 0 aliphatic carbocycles. The number of nitrogens with zero attached hydrogens (tertiary/aromatic N) is 2. The highest BCUT2D eigenvalue weighted by molar-refractivity contribution is 7.17. The van der Waals surface area contributed by atoms with Crippen molar-refractivity contribution in [3.63, 3.8) is 0 Å². The number of pyridine rings is 1. The summed E-state index contributed by atoms with van der Waals surface area (Å²) in [5.74, 6) is 1.09. The minimum Gasteiger partial charge on any atom is -0.354 e. The van der Waals surface area contributed by atoms with Crippen molar-refractivity contribution < 1.29 is 0 Å². The van der Waals surface area contributed by atoms with Crippen molar-refractivity contribution in [1.82, 2.24) is 4.98 Å². The highest BCUT2D eigenvalue weighted by atomic mass is 32.1. The number of hydrogen-bond acceptors (Lipinski definition) is 4. The molecule has 0 aliphatic heterocycles. The topological polar surface area (TPSA) is 42.1 Å². The lowest BCUT2D eigenvalue weighted by Gasteiger charge is -2.28. The van der Waals surface area contributed by atoms with Crippen molar-refractivity contribution in [2.24, 2.45) is 5.73 Å². The Morgan fingerprint density at radius 3 is 2.94 bits per heavy atom. The van der Waals surface area contributed by atoms with Crippen LogP contribution < -0.4 is 10.6 Å². The molecule has 0 atom stereocenters. The molecule has 2 heterocycles. The van der Waals surface area contributed by atoms with Crippen LogP contribution in [0, 0.1) is 0 Å². The van der Waals surface area contributed by atoms with Gasteiger partial charge >= 0.3 is 0 Å². The van der Waals surface area contributed by atoms with E-state index in [1.165, 1.54) is 10.1 Å². The van der Waals surface area contributed by atoms with E-state index in [-0.39, 0.29) is 0 Å². The molecule has 2 N–H and O–H groups in total. The van der Waals surface area contributed by atoms with E-state index in [1.54, 1.807) is 11.3 Å². The molecule has 0 saturated heterocycles. The maximum absolute atomic E-state index is 5.60. The van der Waals surface area contributed by atoms with Crippen molar-refractivity contribution >= 4 is 27.2 Å². The van der Waals surface area contributed by atoms with Crippen LogP contribution in [0.5, 0.6) is 0 Å². The summed E-state index contributed by atoms with van der Waals surface area (Å²) >= 11 is 1.76. The van der Waals surface area contributed by atoms with Gasteiger partial charge in [0.05, 0.1) is 0 Å². The Bertz CT molecular complexity index is 478. The first kappa shape index (κ1) is 12.3. The summed E-state index contributed by atoms with van der Waals surface area (Å²) in [7, 11) is 0. The molecule has 0 amide bonds. The van der Waals surface area contributed by atoms with E-state index < -0.39 is 0 Å². The number of rotatable bonds is 5. The number of hydrogen-bond donors (Lipinski definition) is 1. The number of anilines is 1. The van der Waals surface area contributed by atoms with Crippen LogP contribution in [-0.4, -0.2) is 24.1 Å². The predicted molar refractivity (Wildman–Crippen MR) is 75.8 cm³/mol. The summed E-state index contributed by atoms with van der Waals surface area (Å²) in [6, 6.07) is 4.67. The molecule has 0 aromatic carbocycles. The van der Waals surface area contributed by atoms with Crippen molar-refractivity contribution in [1.29, 1.82) is 0 Å². The van der Waals surface area contributed by atoms with Crippen LogP contribution in [0.2, 0.25) is 0 Å². The molecule has 2 rings (SSSR count). The van der Waals surface area contributed by atoms with Crippen LogP contribution in [0.3, 0.4) is 0 Å². The zero-order chi connectivity index (χ0) is 12.3. The van der Waals surface area contributed by atoms with Gasteiger partial charge in [-0.1, -0.05) is 0 Å². The maximum atomic E-state index is 5.60. The van der Waals surface area contributed by atoms with Gasteiger partial charge in [-0.25, -0.2) is 4.98 Å². The van der Waals surface area contributed by atoms with E-state index in [4.69, 9.17) is 5.73 Å². The number of nitrogens with two attached hydrogens (primary N) is 1. The number of fused-ring (bicyclic) bond motifs is 1. The molecular weight excluding hydrogens is 230 g/mol. The van der Waals surface area contributed by atoms with Crippen molar-refractivity contribution in [2.45, 2.75) is 26.3 Å². The average Bonchev–Trinajstić information content (AvgIpc) is 2.77. The summed E-state index contributed by atoms with van der Waals surface area (Å²) in [6.07, 6.45) is 2.90. The Morgan fingerprint density at radius 2 is 2.24 bits per heavy atom. The van der Waals surface area contributed by atoms with Crippen LogP contribution in [0.25, 0.3) is 10.1 Å². The summed E-state index contributed by atoms with van der Waals surface area (Å²) in [4.78, 5) is 6.88. The highest BCUT2D eigenvalue weighted by Gasteiger charge is 2.14. The van der Waals surface area contributed by atoms with Gasteiger partial charge in [0.25, 0.3) is 0 Å². The second-order valence-corrected chi connectivity index (χ2v) is 5.34. The largest absolute Gasteiger partial charge is 0.354 e. The fourth-order valence-electron chi connectivity index (χ4n) is 1.98. The summed E-state index contributed by atoms with van der Waals surface area (Å²) in [6.45, 7) is 6.09. The molecule has 0 saturated carbocycles. The minimum absolute atomic E-state index is 0.444.